The van der Waals surface area contributed by atoms with Crippen LogP contribution < -0.4 is 10.6 Å². The van der Waals surface area contributed by atoms with Crippen molar-refractivity contribution in [3.8, 4) is 6.07 Å². The first kappa shape index (κ1) is 28.7. The summed E-state index contributed by atoms with van der Waals surface area (Å²) in [6, 6.07) is 13.1. The van der Waals surface area contributed by atoms with Gasteiger partial charge in [-0.05, 0) is 77.1 Å². The van der Waals surface area contributed by atoms with Crippen molar-refractivity contribution in [3.05, 3.63) is 59.0 Å². The smallest absolute Gasteiger partial charge is 0.177 e. The van der Waals surface area contributed by atoms with E-state index in [1.54, 1.807) is 18.2 Å². The largest absolute Gasteiger partial charge is 0.374 e. The minimum Gasteiger partial charge on any atom is -0.374 e. The summed E-state index contributed by atoms with van der Waals surface area (Å²) in [5.74, 6) is 1.92. The number of nitrogens with one attached hydrogen (secondary N) is 2. The van der Waals surface area contributed by atoms with Crippen LogP contribution in [0.3, 0.4) is 0 Å². The maximum Gasteiger partial charge on any atom is 0.177 e. The fraction of sp³-hybridized carbons (Fsp3) is 0.333. The molecule has 0 bridgehead atoms. The highest BCUT2D eigenvalue weighted by Gasteiger charge is 2.23. The van der Waals surface area contributed by atoms with E-state index in [9.17, 15) is 13.7 Å². The third-order valence-electron chi connectivity index (χ3n) is 6.75. The van der Waals surface area contributed by atoms with Gasteiger partial charge in [-0.1, -0.05) is 26.0 Å². The maximum atomic E-state index is 12.9. The highest BCUT2D eigenvalue weighted by molar-refractivity contribution is 14.2. The molecule has 0 aliphatic carbocycles. The van der Waals surface area contributed by atoms with Crippen LogP contribution in [0.1, 0.15) is 61.4 Å². The Morgan fingerprint density at radius 3 is 2.58 bits per heavy atom. The van der Waals surface area contributed by atoms with E-state index in [1.807, 2.05) is 43.3 Å². The number of pyridine rings is 2. The van der Waals surface area contributed by atoms with Crippen LogP contribution in [0.4, 0.5) is 23.0 Å². The quantitative estimate of drug-likeness (QED) is 0.154. The second-order valence-electron chi connectivity index (χ2n) is 9.99. The Kier molecular flexibility index (Phi) is 8.29. The molecule has 0 saturated carbocycles. The van der Waals surface area contributed by atoms with Gasteiger partial charge in [-0.2, -0.15) is 5.26 Å². The van der Waals surface area contributed by atoms with E-state index in [1.165, 1.54) is 6.26 Å². The number of aryl methyl sites for hydroxylation is 1. The zero-order valence-corrected chi connectivity index (χ0v) is 26.5. The summed E-state index contributed by atoms with van der Waals surface area (Å²) in [6.07, 6.45) is 3.28. The normalized spacial score (nSPS) is 15.8. The van der Waals surface area contributed by atoms with Gasteiger partial charge in [0, 0.05) is 18.9 Å². The molecule has 208 valence electrons. The van der Waals surface area contributed by atoms with Crippen LogP contribution in [0.25, 0.3) is 11.2 Å². The lowest BCUT2D eigenvalue weighted by atomic mass is 10.0. The van der Waals surface area contributed by atoms with Crippen molar-refractivity contribution in [2.24, 2.45) is 0 Å². The molecular weight excluding hydrogens is 660 g/mol. The number of ether oxygens (including phenoxy) is 1. The van der Waals surface area contributed by atoms with E-state index in [4.69, 9.17) is 14.7 Å². The van der Waals surface area contributed by atoms with Gasteiger partial charge in [0.2, 0.25) is 0 Å². The van der Waals surface area contributed by atoms with Crippen LogP contribution in [0.5, 0.6) is 0 Å². The summed E-state index contributed by atoms with van der Waals surface area (Å²) in [5, 5.41) is 16.2. The van der Waals surface area contributed by atoms with Gasteiger partial charge in [0.15, 0.2) is 15.5 Å². The number of rotatable bonds is 8. The molecule has 1 fully saturated rings. The number of hydrogen-bond donors (Lipinski definition) is 2. The SMILES string of the molecule is Cc1nc2c(Nc3ccc(C4CCCO4)cc3S(C)(=O)=O)cc(Nc3ccc(C(C)C)c(C#N)n3)nc2n1PI. The van der Waals surface area contributed by atoms with Crippen LogP contribution in [0.15, 0.2) is 41.3 Å². The van der Waals surface area contributed by atoms with Crippen molar-refractivity contribution in [2.45, 2.75) is 50.5 Å². The molecule has 0 amide bonds. The van der Waals surface area contributed by atoms with Crippen LogP contribution in [0.2, 0.25) is 0 Å². The molecule has 4 heterocycles. The first-order valence-corrected chi connectivity index (χ1v) is 18.7. The number of hydrogen-bond acceptors (Lipinski definition) is 9. The summed E-state index contributed by atoms with van der Waals surface area (Å²) in [6.45, 7) is 6.62. The van der Waals surface area contributed by atoms with Gasteiger partial charge in [-0.15, -0.1) is 0 Å². The molecular formula is C27H29IN7O3PS. The Labute approximate surface area is 248 Å². The number of imidazole rings is 1. The molecule has 0 radical (unpaired) electrons. The molecule has 4 aromatic rings. The molecule has 13 heteroatoms. The van der Waals surface area contributed by atoms with E-state index in [-0.39, 0.29) is 16.9 Å². The summed E-state index contributed by atoms with van der Waals surface area (Å²) in [4.78, 5) is 14.2. The van der Waals surface area contributed by atoms with Crippen molar-refractivity contribution in [1.82, 2.24) is 19.3 Å². The highest BCUT2D eigenvalue weighted by atomic mass is 127. The third kappa shape index (κ3) is 5.79. The van der Waals surface area contributed by atoms with Gasteiger partial charge in [-0.3, -0.25) is 4.34 Å². The van der Waals surface area contributed by atoms with Crippen molar-refractivity contribution >= 4 is 72.4 Å². The second kappa shape index (κ2) is 11.6. The molecule has 3 aromatic heterocycles. The standard InChI is InChI=1S/C27H29IN7O3PS/c1-15(2)18-8-10-24(32-21(18)14-29)33-25-13-20(26-27(34-25)35(39-28)16(3)30-26)31-19-9-7-17(22-6-5-11-38-22)12-23(19)40(4,36)37/h7-10,12-13,15,22,39H,5-6,11H2,1-4H3,(H2,31,32,33,34). The van der Waals surface area contributed by atoms with Crippen LogP contribution >= 0.6 is 28.4 Å². The number of anilines is 4. The Balaban J connectivity index is 1.59. The number of halogens is 1. The number of benzene rings is 1. The van der Waals surface area contributed by atoms with Gasteiger partial charge in [0.05, 0.1) is 28.7 Å². The van der Waals surface area contributed by atoms with Gasteiger partial charge < -0.3 is 15.4 Å². The summed E-state index contributed by atoms with van der Waals surface area (Å²) < 4.78 is 33.5. The van der Waals surface area contributed by atoms with Crippen LogP contribution in [0, 0.1) is 18.3 Å². The van der Waals surface area contributed by atoms with E-state index in [2.05, 4.69) is 43.7 Å². The number of nitrogens with zero attached hydrogens (tertiary/aromatic N) is 5. The molecule has 1 saturated heterocycles. The average molecular weight is 690 g/mol. The van der Waals surface area contributed by atoms with Crippen molar-refractivity contribution in [3.63, 3.8) is 0 Å². The lowest BCUT2D eigenvalue weighted by Crippen LogP contribution is -2.07. The summed E-state index contributed by atoms with van der Waals surface area (Å²) >= 11 is 2.28. The third-order valence-corrected chi connectivity index (χ3v) is 10.0. The van der Waals surface area contributed by atoms with Gasteiger partial charge in [0.25, 0.3) is 0 Å². The summed E-state index contributed by atoms with van der Waals surface area (Å²) in [7, 11) is -3.56. The van der Waals surface area contributed by atoms with Crippen LogP contribution in [-0.2, 0) is 14.6 Å². The second-order valence-corrected chi connectivity index (χ2v) is 14.0. The molecule has 2 N–H and O–H groups in total. The monoisotopic (exact) mass is 689 g/mol. The van der Waals surface area contributed by atoms with E-state index in [0.717, 1.165) is 29.8 Å². The highest BCUT2D eigenvalue weighted by Crippen LogP contribution is 2.38. The van der Waals surface area contributed by atoms with Crippen molar-refractivity contribution < 1.29 is 13.2 Å². The zero-order chi connectivity index (χ0) is 28.6. The summed E-state index contributed by atoms with van der Waals surface area (Å²) in [5.41, 5.74) is 4.39. The van der Waals surface area contributed by atoms with E-state index >= 15 is 0 Å². The molecule has 2 atom stereocenters. The van der Waals surface area contributed by atoms with Crippen molar-refractivity contribution in [1.29, 1.82) is 5.26 Å². The molecule has 40 heavy (non-hydrogen) atoms. The number of sulfone groups is 1. The lowest BCUT2D eigenvalue weighted by molar-refractivity contribution is 0.112. The Bertz CT molecular complexity index is 1750. The predicted molar refractivity (Wildman–Crippen MR) is 167 cm³/mol. The topological polar surface area (TPSA) is 135 Å². The van der Waals surface area contributed by atoms with Crippen molar-refractivity contribution in [2.75, 3.05) is 23.5 Å². The number of aromatic nitrogens is 4. The fourth-order valence-corrected chi connectivity index (χ4v) is 7.79. The predicted octanol–water partition coefficient (Wildman–Crippen LogP) is 6.66. The minimum atomic E-state index is -3.56. The first-order valence-electron chi connectivity index (χ1n) is 12.8. The maximum absolute atomic E-state index is 12.9. The van der Waals surface area contributed by atoms with Gasteiger partial charge in [-0.25, -0.2) is 23.4 Å². The van der Waals surface area contributed by atoms with Crippen LogP contribution in [-0.4, -0.2) is 40.6 Å². The van der Waals surface area contributed by atoms with E-state index in [0.29, 0.717) is 52.8 Å². The molecule has 10 nitrogen and oxygen atoms in total. The molecule has 1 aromatic carbocycles. The molecule has 0 spiro atoms. The van der Waals surface area contributed by atoms with Gasteiger partial charge >= 0.3 is 0 Å². The Morgan fingerprint density at radius 1 is 1.12 bits per heavy atom. The molecule has 1 aliphatic rings. The van der Waals surface area contributed by atoms with Gasteiger partial charge in [0.1, 0.15) is 34.7 Å². The molecule has 2 unspecified atom stereocenters. The Hall–Kier alpha value is -2.85. The fourth-order valence-electron chi connectivity index (χ4n) is 4.78. The average Bonchev–Trinajstić information content (AvgIpc) is 3.56. The molecule has 5 rings (SSSR count). The number of nitriles is 1. The Morgan fingerprint density at radius 2 is 1.93 bits per heavy atom. The lowest BCUT2D eigenvalue weighted by Gasteiger charge is -2.17. The first-order chi connectivity index (χ1) is 19.1. The number of fused-ring (bicyclic) bond motifs is 1. The van der Waals surface area contributed by atoms with E-state index < -0.39 is 9.84 Å². The minimum absolute atomic E-state index is 0.103. The zero-order valence-electron chi connectivity index (χ0n) is 22.5. The molecule has 1 aliphatic heterocycles.